The van der Waals surface area contributed by atoms with Gasteiger partial charge in [-0.15, -0.1) is 0 Å². The van der Waals surface area contributed by atoms with Crippen molar-refractivity contribution in [2.45, 2.75) is 75.0 Å². The van der Waals surface area contributed by atoms with Crippen molar-refractivity contribution in [1.29, 1.82) is 0 Å². The van der Waals surface area contributed by atoms with Crippen LogP contribution in [0.25, 0.3) is 0 Å². The third kappa shape index (κ3) is 5.97. The Morgan fingerprint density at radius 3 is 2.24 bits per heavy atom. The highest BCUT2D eigenvalue weighted by Gasteiger charge is 2.55. The molecule has 1 saturated carbocycles. The lowest BCUT2D eigenvalue weighted by Crippen LogP contribution is -2.64. The van der Waals surface area contributed by atoms with Gasteiger partial charge in [-0.2, -0.15) is 0 Å². The first-order valence-electron chi connectivity index (χ1n) is 12.1. The summed E-state index contributed by atoms with van der Waals surface area (Å²) in [6.45, 7) is 18.6. The van der Waals surface area contributed by atoms with Crippen LogP contribution in [0.3, 0.4) is 0 Å². The Hall–Kier alpha value is -1.16. The minimum atomic E-state index is -1.28. The van der Waals surface area contributed by atoms with E-state index in [9.17, 15) is 9.35 Å². The van der Waals surface area contributed by atoms with Gasteiger partial charge in [0.25, 0.3) is 0 Å². The molecule has 1 aliphatic carbocycles. The normalized spacial score (nSPS) is 19.9. The molecule has 0 radical (unpaired) electrons. The van der Waals surface area contributed by atoms with Gasteiger partial charge in [0.1, 0.15) is 23.6 Å². The second-order valence-electron chi connectivity index (χ2n) is 11.7. The summed E-state index contributed by atoms with van der Waals surface area (Å²) >= 11 is -1.28. The summed E-state index contributed by atoms with van der Waals surface area (Å²) in [6, 6.07) is 9.19. The molecule has 3 rings (SSSR count). The Labute approximate surface area is 209 Å². The summed E-state index contributed by atoms with van der Waals surface area (Å²) in [5.74, 6) is -0.187. The maximum atomic E-state index is 13.6. The average molecular weight is 508 g/mol. The second-order valence-corrected chi connectivity index (χ2v) is 19.4. The largest absolute Gasteiger partial charge is 0.597 e. The molecule has 1 saturated heterocycles. The van der Waals surface area contributed by atoms with E-state index in [0.29, 0.717) is 19.8 Å². The fourth-order valence-corrected chi connectivity index (χ4v) is 6.16. The lowest BCUT2D eigenvalue weighted by atomic mass is 9.85. The van der Waals surface area contributed by atoms with Crippen LogP contribution in [0, 0.1) is 0 Å². The molecule has 1 aliphatic heterocycles. The lowest BCUT2D eigenvalue weighted by Gasteiger charge is -2.50. The second kappa shape index (κ2) is 10.4. The SMILES string of the molecule is C=CCOC(=O)C1(c2ccc(C3(N(COCC[Si](C)(C)C)[S+]([O-])C(C)(C)C)COC3)cc2)CC1. The van der Waals surface area contributed by atoms with Gasteiger partial charge in [-0.05, 0) is 50.8 Å². The molecule has 1 unspecified atom stereocenters. The van der Waals surface area contributed by atoms with Crippen molar-refractivity contribution in [2.75, 3.05) is 33.2 Å². The summed E-state index contributed by atoms with van der Waals surface area (Å²) < 4.78 is 32.3. The number of ether oxygens (including phenoxy) is 3. The van der Waals surface area contributed by atoms with Crippen molar-refractivity contribution >= 4 is 25.4 Å². The van der Waals surface area contributed by atoms with Gasteiger partial charge in [0.15, 0.2) is 0 Å². The van der Waals surface area contributed by atoms with Gasteiger partial charge in [0.2, 0.25) is 0 Å². The Balaban J connectivity index is 1.82. The van der Waals surface area contributed by atoms with Crippen molar-refractivity contribution in [2.24, 2.45) is 0 Å². The molecular formula is C26H41NO5SSi. The van der Waals surface area contributed by atoms with Crippen LogP contribution in [0.5, 0.6) is 0 Å². The molecule has 1 aromatic carbocycles. The van der Waals surface area contributed by atoms with Gasteiger partial charge in [-0.1, -0.05) is 60.9 Å². The standard InChI is InChI=1S/C26H41NO5SSi/c1-8-15-32-23(28)25(13-14-25)21-9-11-22(12-10-21)26(18-31-19-26)27(33(29)24(2,3)4)20-30-16-17-34(5,6)7/h8-12H,1,13-20H2,2-7H3. The van der Waals surface area contributed by atoms with E-state index >= 15 is 0 Å². The molecule has 0 aromatic heterocycles. The molecule has 1 atom stereocenters. The Bertz CT molecular complexity index is 853. The number of nitrogens with zero attached hydrogens (tertiary/aromatic N) is 1. The van der Waals surface area contributed by atoms with Gasteiger partial charge >= 0.3 is 5.97 Å². The fraction of sp³-hybridized carbons (Fsp3) is 0.654. The maximum absolute atomic E-state index is 13.6. The molecule has 8 heteroatoms. The fourth-order valence-electron chi connectivity index (χ4n) is 4.04. The topological polar surface area (TPSA) is 71.1 Å². The number of esters is 1. The predicted octanol–water partition coefficient (Wildman–Crippen LogP) is 4.75. The van der Waals surface area contributed by atoms with Crippen molar-refractivity contribution in [3.63, 3.8) is 0 Å². The molecule has 0 amide bonds. The lowest BCUT2D eigenvalue weighted by molar-refractivity contribution is -0.145. The van der Waals surface area contributed by atoms with E-state index in [1.54, 1.807) is 6.08 Å². The first-order chi connectivity index (χ1) is 15.9. The first kappa shape index (κ1) is 27.4. The molecule has 34 heavy (non-hydrogen) atoms. The summed E-state index contributed by atoms with van der Waals surface area (Å²) in [4.78, 5) is 12.6. The molecule has 1 aromatic rings. The third-order valence-electron chi connectivity index (χ3n) is 6.54. The van der Waals surface area contributed by atoms with Crippen molar-refractivity contribution in [3.8, 4) is 0 Å². The summed E-state index contributed by atoms with van der Waals surface area (Å²) in [6.07, 6.45) is 3.18. The van der Waals surface area contributed by atoms with Crippen LogP contribution in [0.4, 0.5) is 0 Å². The van der Waals surface area contributed by atoms with E-state index < -0.39 is 35.1 Å². The highest BCUT2D eigenvalue weighted by Crippen LogP contribution is 2.50. The number of carbonyl (C=O) groups excluding carboxylic acids is 1. The van der Waals surface area contributed by atoms with Crippen LogP contribution in [0.1, 0.15) is 44.7 Å². The zero-order valence-corrected chi connectivity index (χ0v) is 23.5. The highest BCUT2D eigenvalue weighted by atomic mass is 32.2. The maximum Gasteiger partial charge on any atom is 0.316 e. The third-order valence-corrected chi connectivity index (χ3v) is 10.1. The number of carbonyl (C=O) groups is 1. The van der Waals surface area contributed by atoms with E-state index in [1.807, 2.05) is 49.3 Å². The van der Waals surface area contributed by atoms with Crippen LogP contribution in [-0.4, -0.2) is 60.8 Å². The zero-order chi connectivity index (χ0) is 25.2. The van der Waals surface area contributed by atoms with E-state index in [0.717, 1.165) is 30.0 Å². The van der Waals surface area contributed by atoms with Gasteiger partial charge in [0, 0.05) is 26.0 Å². The smallest absolute Gasteiger partial charge is 0.316 e. The van der Waals surface area contributed by atoms with Crippen LogP contribution < -0.4 is 0 Å². The summed E-state index contributed by atoms with van der Waals surface area (Å²) in [5.41, 5.74) is 0.939. The molecule has 0 N–H and O–H groups in total. The molecule has 0 bridgehead atoms. The van der Waals surface area contributed by atoms with Crippen LogP contribution in [0.15, 0.2) is 36.9 Å². The number of benzene rings is 1. The van der Waals surface area contributed by atoms with E-state index in [-0.39, 0.29) is 19.3 Å². The quantitative estimate of drug-likeness (QED) is 0.102. The monoisotopic (exact) mass is 507 g/mol. The average Bonchev–Trinajstić information content (AvgIpc) is 3.53. The minimum absolute atomic E-state index is 0.187. The minimum Gasteiger partial charge on any atom is -0.597 e. The van der Waals surface area contributed by atoms with E-state index in [2.05, 4.69) is 26.2 Å². The molecular weight excluding hydrogens is 466 g/mol. The van der Waals surface area contributed by atoms with Crippen LogP contribution in [-0.2, 0) is 41.3 Å². The van der Waals surface area contributed by atoms with Crippen molar-refractivity contribution < 1.29 is 23.6 Å². The summed E-state index contributed by atoms with van der Waals surface area (Å²) in [5, 5.41) is 0. The predicted molar refractivity (Wildman–Crippen MR) is 140 cm³/mol. The number of hydrogen-bond donors (Lipinski definition) is 0. The number of rotatable bonds is 12. The van der Waals surface area contributed by atoms with Gasteiger partial charge in [-0.25, -0.2) is 0 Å². The van der Waals surface area contributed by atoms with E-state index in [1.165, 1.54) is 0 Å². The van der Waals surface area contributed by atoms with E-state index in [4.69, 9.17) is 14.2 Å². The van der Waals surface area contributed by atoms with Gasteiger partial charge in [0.05, 0.1) is 18.6 Å². The Kier molecular flexibility index (Phi) is 8.43. The Morgan fingerprint density at radius 2 is 1.79 bits per heavy atom. The molecule has 190 valence electrons. The van der Waals surface area contributed by atoms with Crippen molar-refractivity contribution in [3.05, 3.63) is 48.0 Å². The van der Waals surface area contributed by atoms with Crippen LogP contribution >= 0.6 is 0 Å². The molecule has 2 fully saturated rings. The van der Waals surface area contributed by atoms with Gasteiger partial charge in [-0.3, -0.25) is 4.79 Å². The molecule has 1 heterocycles. The number of hydrogen-bond acceptors (Lipinski definition) is 6. The Morgan fingerprint density at radius 1 is 1.21 bits per heavy atom. The van der Waals surface area contributed by atoms with Gasteiger partial charge < -0.3 is 18.8 Å². The molecule has 6 nitrogen and oxygen atoms in total. The molecule has 0 spiro atoms. The highest BCUT2D eigenvalue weighted by molar-refractivity contribution is 7.90. The molecule has 2 aliphatic rings. The van der Waals surface area contributed by atoms with Crippen LogP contribution in [0.2, 0.25) is 25.7 Å². The first-order valence-corrected chi connectivity index (χ1v) is 16.9. The zero-order valence-electron chi connectivity index (χ0n) is 21.6. The summed E-state index contributed by atoms with van der Waals surface area (Å²) in [7, 11) is -1.22. The van der Waals surface area contributed by atoms with Crippen molar-refractivity contribution in [1.82, 2.24) is 4.31 Å².